The first-order valence-corrected chi connectivity index (χ1v) is 11.2. The predicted molar refractivity (Wildman–Crippen MR) is 137 cm³/mol. The Morgan fingerprint density at radius 2 is 1.86 bits per heavy atom. The molecule has 2 aromatic carbocycles. The highest BCUT2D eigenvalue weighted by Gasteiger charge is 2.27. The molecule has 0 aliphatic carbocycles. The monoisotopic (exact) mass is 466 g/mol. The van der Waals surface area contributed by atoms with Gasteiger partial charge in [0.15, 0.2) is 0 Å². The second kappa shape index (κ2) is 9.74. The Morgan fingerprint density at radius 1 is 1.11 bits per heavy atom. The lowest BCUT2D eigenvalue weighted by Gasteiger charge is -2.14. The van der Waals surface area contributed by atoms with Crippen molar-refractivity contribution < 1.29 is 14.4 Å². The fourth-order valence-corrected chi connectivity index (χ4v) is 4.20. The minimum Gasteiger partial charge on any atom is -0.358 e. The number of amides is 3. The zero-order valence-electron chi connectivity index (χ0n) is 19.8. The van der Waals surface area contributed by atoms with Crippen LogP contribution in [0, 0.1) is 26.2 Å². The third-order valence-electron chi connectivity index (χ3n) is 6.05. The van der Waals surface area contributed by atoms with Gasteiger partial charge >= 0.3 is 0 Å². The summed E-state index contributed by atoms with van der Waals surface area (Å²) in [7, 11) is 0. The molecule has 0 saturated heterocycles. The molecule has 2 heterocycles. The molecule has 0 saturated carbocycles. The number of nitrogens with one attached hydrogen (secondary N) is 4. The lowest BCUT2D eigenvalue weighted by Crippen LogP contribution is -2.26. The molecule has 1 aromatic heterocycles. The molecule has 0 bridgehead atoms. The van der Waals surface area contributed by atoms with E-state index in [1.165, 1.54) is 0 Å². The number of fused-ring (bicyclic) bond motifs is 1. The molecule has 4 rings (SSSR count). The third-order valence-corrected chi connectivity index (χ3v) is 6.05. The molecule has 3 amide bonds. The number of rotatable bonds is 6. The van der Waals surface area contributed by atoms with E-state index in [1.54, 1.807) is 31.2 Å². The summed E-state index contributed by atoms with van der Waals surface area (Å²) < 4.78 is 0. The Morgan fingerprint density at radius 3 is 2.57 bits per heavy atom. The van der Waals surface area contributed by atoms with E-state index < -0.39 is 0 Å². The molecular weight excluding hydrogens is 440 g/mol. The molecule has 4 N–H and O–H groups in total. The molecule has 1 unspecified atom stereocenters. The summed E-state index contributed by atoms with van der Waals surface area (Å²) in [6, 6.07) is 14.6. The van der Waals surface area contributed by atoms with Crippen LogP contribution >= 0.6 is 0 Å². The van der Waals surface area contributed by atoms with Crippen LogP contribution < -0.4 is 16.0 Å². The Kier molecular flexibility index (Phi) is 6.56. The summed E-state index contributed by atoms with van der Waals surface area (Å²) in [6.45, 7) is 5.65. The molecule has 1 aliphatic rings. The summed E-state index contributed by atoms with van der Waals surface area (Å²) in [5.41, 5.74) is 5.61. The van der Waals surface area contributed by atoms with Crippen molar-refractivity contribution in [3.63, 3.8) is 0 Å². The van der Waals surface area contributed by atoms with Crippen LogP contribution in [0.15, 0.2) is 48.5 Å². The number of terminal acetylenes is 1. The summed E-state index contributed by atoms with van der Waals surface area (Å²) >= 11 is 0. The molecule has 176 valence electrons. The highest BCUT2D eigenvalue weighted by atomic mass is 16.2. The van der Waals surface area contributed by atoms with E-state index in [0.29, 0.717) is 44.9 Å². The van der Waals surface area contributed by atoms with Gasteiger partial charge in [0.05, 0.1) is 23.7 Å². The first-order valence-electron chi connectivity index (χ1n) is 11.2. The van der Waals surface area contributed by atoms with Gasteiger partial charge in [-0.05, 0) is 56.2 Å². The van der Waals surface area contributed by atoms with Gasteiger partial charge in [0.2, 0.25) is 0 Å². The maximum atomic E-state index is 12.9. The summed E-state index contributed by atoms with van der Waals surface area (Å²) in [5, 5.41) is 8.51. The summed E-state index contributed by atoms with van der Waals surface area (Å²) in [5.74, 6) is 1.60. The molecule has 7 nitrogen and oxygen atoms in total. The molecule has 3 aromatic rings. The Balaban J connectivity index is 1.63. The second-order valence-electron chi connectivity index (χ2n) is 8.43. The molecular formula is C28H26N4O3. The maximum Gasteiger partial charge on any atom is 0.256 e. The number of aryl methyl sites for hydroxylation is 1. The zero-order valence-corrected chi connectivity index (χ0v) is 19.8. The maximum absolute atomic E-state index is 12.9. The molecule has 0 radical (unpaired) electrons. The number of aromatic amines is 1. The van der Waals surface area contributed by atoms with E-state index in [2.05, 4.69) is 26.9 Å². The summed E-state index contributed by atoms with van der Waals surface area (Å²) in [4.78, 5) is 41.4. The predicted octanol–water partition coefficient (Wildman–Crippen LogP) is 3.98. The fourth-order valence-electron chi connectivity index (χ4n) is 4.20. The van der Waals surface area contributed by atoms with Gasteiger partial charge in [-0.3, -0.25) is 14.4 Å². The second-order valence-corrected chi connectivity index (χ2v) is 8.43. The number of benzene rings is 2. The van der Waals surface area contributed by atoms with Crippen LogP contribution in [0.2, 0.25) is 0 Å². The van der Waals surface area contributed by atoms with Crippen LogP contribution in [0.3, 0.4) is 0 Å². The quantitative estimate of drug-likeness (QED) is 0.326. The van der Waals surface area contributed by atoms with Gasteiger partial charge in [-0.2, -0.15) is 0 Å². The minimum atomic E-state index is -0.278. The van der Waals surface area contributed by atoms with Gasteiger partial charge < -0.3 is 20.9 Å². The number of hydrogen-bond acceptors (Lipinski definition) is 3. The first kappa shape index (κ1) is 23.6. The average molecular weight is 467 g/mol. The van der Waals surface area contributed by atoms with Crippen LogP contribution in [0.4, 0.5) is 5.69 Å². The Labute approximate surface area is 204 Å². The number of anilines is 1. The van der Waals surface area contributed by atoms with Gasteiger partial charge in [-0.1, -0.05) is 36.3 Å². The van der Waals surface area contributed by atoms with Gasteiger partial charge in [-0.15, -0.1) is 6.42 Å². The van der Waals surface area contributed by atoms with E-state index >= 15 is 0 Å². The normalized spacial score (nSPS) is 14.1. The third kappa shape index (κ3) is 4.73. The standard InChI is InChI=1S/C28H26N4O3/c1-5-13-29-28(35)25-16(2)24(30-18(25)4)15-22-21-14-20(11-12-23(21)32-27(22)34)26(33)31-17(3)19-9-7-6-8-10-19/h1,6-12,14-15,17,30H,13H2,2-4H3,(H,29,35)(H,31,33)(H,32,34)/b22-15-. The van der Waals surface area contributed by atoms with Crippen LogP contribution in [0.5, 0.6) is 0 Å². The SMILES string of the molecule is C#CCNC(=O)c1c(C)[nH]c(/C=C2\C(=O)Nc3ccc(C(=O)NC(C)c4ccccc4)cc32)c1C. The smallest absolute Gasteiger partial charge is 0.256 e. The molecule has 0 spiro atoms. The van der Waals surface area contributed by atoms with Crippen molar-refractivity contribution in [3.05, 3.63) is 87.7 Å². The molecule has 7 heteroatoms. The number of H-pyrrole nitrogens is 1. The van der Waals surface area contributed by atoms with Crippen molar-refractivity contribution in [2.24, 2.45) is 0 Å². The summed E-state index contributed by atoms with van der Waals surface area (Å²) in [6.07, 6.45) is 6.94. The van der Waals surface area contributed by atoms with Crippen molar-refractivity contribution in [1.29, 1.82) is 0 Å². The van der Waals surface area contributed by atoms with E-state index in [1.807, 2.05) is 44.2 Å². The van der Waals surface area contributed by atoms with Crippen LogP contribution in [-0.2, 0) is 4.79 Å². The largest absolute Gasteiger partial charge is 0.358 e. The topological polar surface area (TPSA) is 103 Å². The highest BCUT2D eigenvalue weighted by molar-refractivity contribution is 6.35. The van der Waals surface area contributed by atoms with Crippen LogP contribution in [0.1, 0.15) is 61.8 Å². The van der Waals surface area contributed by atoms with Crippen molar-refractivity contribution in [2.45, 2.75) is 26.8 Å². The van der Waals surface area contributed by atoms with Crippen molar-refractivity contribution in [2.75, 3.05) is 11.9 Å². The van der Waals surface area contributed by atoms with E-state index in [0.717, 1.165) is 5.56 Å². The van der Waals surface area contributed by atoms with E-state index in [9.17, 15) is 14.4 Å². The zero-order chi connectivity index (χ0) is 25.1. The van der Waals surface area contributed by atoms with E-state index in [4.69, 9.17) is 6.42 Å². The van der Waals surface area contributed by atoms with Crippen molar-refractivity contribution in [1.82, 2.24) is 15.6 Å². The highest BCUT2D eigenvalue weighted by Crippen LogP contribution is 2.35. The van der Waals surface area contributed by atoms with Crippen LogP contribution in [0.25, 0.3) is 11.6 Å². The Hall–Kier alpha value is -4.57. The average Bonchev–Trinajstić information content (AvgIpc) is 3.32. The van der Waals surface area contributed by atoms with Gasteiger partial charge in [0.25, 0.3) is 17.7 Å². The van der Waals surface area contributed by atoms with Crippen LogP contribution in [-0.4, -0.2) is 29.3 Å². The lowest BCUT2D eigenvalue weighted by molar-refractivity contribution is -0.110. The minimum absolute atomic E-state index is 0.128. The van der Waals surface area contributed by atoms with Crippen molar-refractivity contribution >= 4 is 35.1 Å². The molecule has 0 fully saturated rings. The number of hydrogen-bond donors (Lipinski definition) is 4. The first-order chi connectivity index (χ1) is 16.8. The van der Waals surface area contributed by atoms with Gasteiger partial charge in [-0.25, -0.2) is 0 Å². The van der Waals surface area contributed by atoms with Gasteiger partial charge in [0, 0.05) is 28.2 Å². The number of carbonyl (C=O) groups is 3. The Bertz CT molecular complexity index is 1390. The molecule has 1 atom stereocenters. The molecule has 1 aliphatic heterocycles. The number of aromatic nitrogens is 1. The van der Waals surface area contributed by atoms with Gasteiger partial charge in [0.1, 0.15) is 0 Å². The lowest BCUT2D eigenvalue weighted by atomic mass is 10.0. The van der Waals surface area contributed by atoms with E-state index in [-0.39, 0.29) is 30.3 Å². The molecule has 35 heavy (non-hydrogen) atoms. The number of carbonyl (C=O) groups excluding carboxylic acids is 3. The fraction of sp³-hybridized carbons (Fsp3) is 0.179. The van der Waals surface area contributed by atoms with Crippen molar-refractivity contribution in [3.8, 4) is 12.3 Å².